The van der Waals surface area contributed by atoms with Gasteiger partial charge < -0.3 is 14.8 Å². The second kappa shape index (κ2) is 7.45. The van der Waals surface area contributed by atoms with E-state index in [4.69, 9.17) is 0 Å². The zero-order valence-corrected chi connectivity index (χ0v) is 15.2. The van der Waals surface area contributed by atoms with Crippen LogP contribution in [-0.2, 0) is 6.54 Å². The fraction of sp³-hybridized carbons (Fsp3) is 0.529. The van der Waals surface area contributed by atoms with E-state index in [1.54, 1.807) is 30.3 Å². The highest BCUT2D eigenvalue weighted by Gasteiger charge is 2.21. The highest BCUT2D eigenvalue weighted by atomic mass is 32.1. The minimum Gasteiger partial charge on any atom is -0.356 e. The second-order valence-electron chi connectivity index (χ2n) is 6.54. The molecule has 0 bridgehead atoms. The van der Waals surface area contributed by atoms with Gasteiger partial charge in [-0.05, 0) is 38.8 Å². The molecule has 0 amide bonds. The first-order valence-electron chi connectivity index (χ1n) is 8.81. The Hall–Kier alpha value is -2.06. The van der Waals surface area contributed by atoms with Gasteiger partial charge in [0, 0.05) is 30.6 Å². The number of piperidine rings is 1. The molecule has 0 aliphatic carbocycles. The average Bonchev–Trinajstić information content (AvgIpc) is 3.27. The van der Waals surface area contributed by atoms with E-state index in [9.17, 15) is 0 Å². The molecule has 25 heavy (non-hydrogen) atoms. The van der Waals surface area contributed by atoms with Crippen molar-refractivity contribution in [2.45, 2.75) is 38.8 Å². The molecule has 1 fully saturated rings. The number of nitrogens with one attached hydrogen (secondary N) is 1. The maximum absolute atomic E-state index is 4.56. The first-order valence-corrected chi connectivity index (χ1v) is 9.63. The normalized spacial score (nSPS) is 16.0. The van der Waals surface area contributed by atoms with Crippen LogP contribution < -0.4 is 10.2 Å². The summed E-state index contributed by atoms with van der Waals surface area (Å²) in [5.41, 5.74) is 0. The number of hydrogen-bond donors (Lipinski definition) is 1. The molecule has 0 atom stereocenters. The SMILES string of the molecule is Cc1cc2c(N3CCC(NCCCn4cnnc4)CC3)ncnc2s1. The summed E-state index contributed by atoms with van der Waals surface area (Å²) >= 11 is 1.74. The number of rotatable bonds is 6. The number of fused-ring (bicyclic) bond motifs is 1. The van der Waals surface area contributed by atoms with Crippen LogP contribution in [0.1, 0.15) is 24.1 Å². The second-order valence-corrected chi connectivity index (χ2v) is 7.78. The summed E-state index contributed by atoms with van der Waals surface area (Å²) in [6, 6.07) is 2.81. The monoisotopic (exact) mass is 357 g/mol. The first kappa shape index (κ1) is 16.4. The fourth-order valence-corrected chi connectivity index (χ4v) is 4.26. The van der Waals surface area contributed by atoms with Gasteiger partial charge in [-0.1, -0.05) is 0 Å². The minimum absolute atomic E-state index is 0.596. The molecule has 3 aromatic rings. The van der Waals surface area contributed by atoms with E-state index in [-0.39, 0.29) is 0 Å². The van der Waals surface area contributed by atoms with Crippen molar-refractivity contribution in [1.29, 1.82) is 0 Å². The smallest absolute Gasteiger partial charge is 0.140 e. The quantitative estimate of drug-likeness (QED) is 0.682. The molecule has 0 spiro atoms. The lowest BCUT2D eigenvalue weighted by molar-refractivity contribution is 0.406. The van der Waals surface area contributed by atoms with Crippen LogP contribution >= 0.6 is 11.3 Å². The van der Waals surface area contributed by atoms with Gasteiger partial charge in [-0.2, -0.15) is 0 Å². The maximum Gasteiger partial charge on any atom is 0.140 e. The molecule has 1 aliphatic heterocycles. The molecule has 0 unspecified atom stereocenters. The van der Waals surface area contributed by atoms with Gasteiger partial charge in [-0.25, -0.2) is 9.97 Å². The van der Waals surface area contributed by atoms with Crippen molar-refractivity contribution >= 4 is 27.4 Å². The van der Waals surface area contributed by atoms with Gasteiger partial charge in [0.1, 0.15) is 29.6 Å². The summed E-state index contributed by atoms with van der Waals surface area (Å²) in [6.45, 7) is 6.22. The average molecular weight is 357 g/mol. The topological polar surface area (TPSA) is 71.8 Å². The van der Waals surface area contributed by atoms with Crippen LogP contribution in [0.4, 0.5) is 5.82 Å². The van der Waals surface area contributed by atoms with Gasteiger partial charge in [0.05, 0.1) is 5.39 Å². The van der Waals surface area contributed by atoms with Gasteiger partial charge in [0.15, 0.2) is 0 Å². The Morgan fingerprint density at radius 1 is 1.20 bits per heavy atom. The van der Waals surface area contributed by atoms with Gasteiger partial charge >= 0.3 is 0 Å². The van der Waals surface area contributed by atoms with Crippen LogP contribution in [0.3, 0.4) is 0 Å². The molecule has 1 aliphatic rings. The summed E-state index contributed by atoms with van der Waals surface area (Å²) in [5.74, 6) is 1.10. The van der Waals surface area contributed by atoms with E-state index in [0.29, 0.717) is 6.04 Å². The molecule has 4 heterocycles. The molecule has 3 aromatic heterocycles. The highest BCUT2D eigenvalue weighted by Crippen LogP contribution is 2.31. The first-order chi connectivity index (χ1) is 12.3. The minimum atomic E-state index is 0.596. The Labute approximate surface area is 151 Å². The molecule has 4 rings (SSSR count). The molecule has 0 saturated carbocycles. The predicted molar refractivity (Wildman–Crippen MR) is 100 cm³/mol. The molecule has 1 N–H and O–H groups in total. The Morgan fingerprint density at radius 3 is 2.80 bits per heavy atom. The van der Waals surface area contributed by atoms with Crippen molar-refractivity contribution in [2.75, 3.05) is 24.5 Å². The summed E-state index contributed by atoms with van der Waals surface area (Å²) < 4.78 is 2.02. The van der Waals surface area contributed by atoms with Gasteiger partial charge in [0.25, 0.3) is 0 Å². The van der Waals surface area contributed by atoms with Crippen molar-refractivity contribution < 1.29 is 0 Å². The number of anilines is 1. The van der Waals surface area contributed by atoms with Gasteiger partial charge in [-0.3, -0.25) is 0 Å². The largest absolute Gasteiger partial charge is 0.356 e. The maximum atomic E-state index is 4.56. The van der Waals surface area contributed by atoms with E-state index in [1.807, 2.05) is 4.57 Å². The number of aromatic nitrogens is 5. The van der Waals surface area contributed by atoms with Crippen molar-refractivity contribution in [3.05, 3.63) is 29.9 Å². The van der Waals surface area contributed by atoms with Crippen molar-refractivity contribution in [3.63, 3.8) is 0 Å². The number of aryl methyl sites for hydroxylation is 2. The summed E-state index contributed by atoms with van der Waals surface area (Å²) in [7, 11) is 0. The van der Waals surface area contributed by atoms with Crippen LogP contribution in [-0.4, -0.2) is 50.4 Å². The standard InChI is InChI=1S/C17H23N7S/c1-13-9-15-16(19-10-20-17(15)25-13)24-7-3-14(4-8-24)18-5-2-6-23-11-21-22-12-23/h9-12,14,18H,2-8H2,1H3. The number of thiophene rings is 1. The number of hydrogen-bond acceptors (Lipinski definition) is 7. The van der Waals surface area contributed by atoms with E-state index in [1.165, 1.54) is 10.3 Å². The third-order valence-corrected chi connectivity index (χ3v) is 5.68. The number of nitrogens with zero attached hydrogens (tertiary/aromatic N) is 6. The lowest BCUT2D eigenvalue weighted by Crippen LogP contribution is -2.43. The van der Waals surface area contributed by atoms with Crippen molar-refractivity contribution in [2.24, 2.45) is 0 Å². The van der Waals surface area contributed by atoms with Crippen LogP contribution in [0.5, 0.6) is 0 Å². The van der Waals surface area contributed by atoms with Crippen LogP contribution in [0.15, 0.2) is 25.0 Å². The molecule has 8 heteroatoms. The van der Waals surface area contributed by atoms with Crippen LogP contribution in [0.25, 0.3) is 10.2 Å². The van der Waals surface area contributed by atoms with Gasteiger partial charge in [-0.15, -0.1) is 21.5 Å². The molecule has 0 aromatic carbocycles. The van der Waals surface area contributed by atoms with E-state index >= 15 is 0 Å². The van der Waals surface area contributed by atoms with Crippen LogP contribution in [0, 0.1) is 6.92 Å². The van der Waals surface area contributed by atoms with Gasteiger partial charge in [0.2, 0.25) is 0 Å². The lowest BCUT2D eigenvalue weighted by Gasteiger charge is -2.33. The Kier molecular flexibility index (Phi) is 4.89. The Balaban J connectivity index is 1.27. The summed E-state index contributed by atoms with van der Waals surface area (Å²) in [5, 5.41) is 12.5. The highest BCUT2D eigenvalue weighted by molar-refractivity contribution is 7.18. The zero-order chi connectivity index (χ0) is 17.1. The van der Waals surface area contributed by atoms with E-state index in [2.05, 4.69) is 43.4 Å². The lowest BCUT2D eigenvalue weighted by atomic mass is 10.0. The van der Waals surface area contributed by atoms with E-state index < -0.39 is 0 Å². The molecule has 132 valence electrons. The summed E-state index contributed by atoms with van der Waals surface area (Å²) in [4.78, 5) is 13.8. The van der Waals surface area contributed by atoms with Crippen molar-refractivity contribution in [3.8, 4) is 0 Å². The van der Waals surface area contributed by atoms with Crippen LogP contribution in [0.2, 0.25) is 0 Å². The third-order valence-electron chi connectivity index (χ3n) is 4.72. The molecule has 7 nitrogen and oxygen atoms in total. The third kappa shape index (κ3) is 3.80. The van der Waals surface area contributed by atoms with E-state index in [0.717, 1.165) is 56.1 Å². The molecule has 0 radical (unpaired) electrons. The Morgan fingerprint density at radius 2 is 2.00 bits per heavy atom. The molecular formula is C17H23N7S. The fourth-order valence-electron chi connectivity index (χ4n) is 3.42. The Bertz CT molecular complexity index is 806. The molecular weight excluding hydrogens is 334 g/mol. The molecule has 1 saturated heterocycles. The summed E-state index contributed by atoms with van der Waals surface area (Å²) in [6.07, 6.45) is 8.64. The predicted octanol–water partition coefficient (Wildman–Crippen LogP) is 2.24. The zero-order valence-electron chi connectivity index (χ0n) is 14.4. The van der Waals surface area contributed by atoms with Crippen molar-refractivity contribution in [1.82, 2.24) is 30.0 Å².